The molecule has 1 saturated heterocycles. The summed E-state index contributed by atoms with van der Waals surface area (Å²) in [6.07, 6.45) is 5.00. The maximum atomic E-state index is 12.8. The third-order valence-corrected chi connectivity index (χ3v) is 28.5. The number of benzene rings is 8. The van der Waals surface area contributed by atoms with Crippen LogP contribution in [0.2, 0.25) is 0 Å². The summed E-state index contributed by atoms with van der Waals surface area (Å²) >= 11 is 5.99. The molecule has 0 aliphatic carbocycles. The Labute approximate surface area is 786 Å². The summed E-state index contributed by atoms with van der Waals surface area (Å²) in [5.41, 5.74) is 18.4. The van der Waals surface area contributed by atoms with Gasteiger partial charge in [-0.25, -0.2) is 19.9 Å². The van der Waals surface area contributed by atoms with Crippen LogP contribution in [0.4, 0.5) is 51.2 Å². The van der Waals surface area contributed by atoms with Gasteiger partial charge in [-0.3, -0.25) is 38.4 Å². The highest BCUT2D eigenvalue weighted by molar-refractivity contribution is 7.23. The molecule has 0 saturated carbocycles. The van der Waals surface area contributed by atoms with Crippen LogP contribution in [0.25, 0.3) is 129 Å². The quantitative estimate of drug-likeness (QED) is 0.0450. The van der Waals surface area contributed by atoms with Gasteiger partial charge in [0.1, 0.15) is 25.3 Å². The van der Waals surface area contributed by atoms with Crippen LogP contribution >= 0.6 is 45.3 Å². The lowest BCUT2D eigenvalue weighted by molar-refractivity contribution is -0.112. The summed E-state index contributed by atoms with van der Waals surface area (Å²) in [5.74, 6) is -0.664. The third kappa shape index (κ3) is 18.1. The number of pyridine rings is 4. The number of nitrogens with zero attached hydrogens (tertiary/aromatic N) is 6. The number of thiophene rings is 4. The van der Waals surface area contributed by atoms with Crippen molar-refractivity contribution in [2.45, 2.75) is 58.8 Å². The molecular weight excluding hydrogens is 1760 g/mol. The molecule has 0 unspecified atom stereocenters. The molecule has 0 bridgehead atoms. The number of ether oxygens (including phenoxy) is 1. The van der Waals surface area contributed by atoms with Gasteiger partial charge < -0.3 is 78.3 Å². The minimum atomic E-state index is -0.316. The van der Waals surface area contributed by atoms with Gasteiger partial charge in [-0.15, -0.1) is 45.3 Å². The SMILES string of the molecule is C=CC(=O)Nc1cc(-c2ccc3c(ccc4sc5c(c43)NC[C@@H](C)NC5=O)n2)ccc1C.C=CC(=O)Nc1cc(-c2ccc3c(ccc4sc5c(c43)NC[C@@H](C)NC5=O)n2)ccc1N1CCN(C)CC1.C=CC(=O)Nc1cc(-c2ccc3c(ccc4sc5c(c43)NC[C@@H](C)NC5=O)n2)ccc1OC.C=CC(=O)Nc1cccc(-c2ccc3c(ccc4sc5c(c43)NC[C@@H](C)NC5=O)n2)c1. The summed E-state index contributed by atoms with van der Waals surface area (Å²) < 4.78 is 9.57. The number of nitrogens with one attached hydrogen (secondary N) is 12. The lowest BCUT2D eigenvalue weighted by Crippen LogP contribution is -2.44. The average molecular weight is 1860 g/mol. The number of piperazine rings is 1. The topological polar surface area (TPSA) is 348 Å². The monoisotopic (exact) mass is 1850 g/mol. The number of rotatable bonds is 14. The number of anilines is 9. The number of hydrogen-bond donors (Lipinski definition) is 12. The van der Waals surface area contributed by atoms with Gasteiger partial charge in [0.25, 0.3) is 23.6 Å². The van der Waals surface area contributed by atoms with Gasteiger partial charge in [-0.05, 0) is 217 Å². The van der Waals surface area contributed by atoms with Gasteiger partial charge >= 0.3 is 0 Å². The number of aryl methyl sites for hydroxylation is 1. The molecule has 27 nitrogen and oxygen atoms in total. The van der Waals surface area contributed by atoms with E-state index >= 15 is 0 Å². The van der Waals surface area contributed by atoms with E-state index in [2.05, 4.69) is 137 Å². The second-order valence-electron chi connectivity index (χ2n) is 33.4. The van der Waals surface area contributed by atoms with Crippen molar-refractivity contribution in [1.82, 2.24) is 46.1 Å². The highest BCUT2D eigenvalue weighted by Gasteiger charge is 2.31. The van der Waals surface area contributed by atoms with Crippen molar-refractivity contribution in [3.63, 3.8) is 0 Å². The smallest absolute Gasteiger partial charge is 0.263 e. The lowest BCUT2D eigenvalue weighted by atomic mass is 10.0. The summed E-state index contributed by atoms with van der Waals surface area (Å²) in [7, 11) is 3.68. The Morgan fingerprint density at radius 1 is 0.388 bits per heavy atom. The Morgan fingerprint density at radius 3 is 1.09 bits per heavy atom. The van der Waals surface area contributed by atoms with Crippen LogP contribution < -0.4 is 73.4 Å². The Hall–Kier alpha value is -15.3. The molecule has 8 aromatic heterocycles. The van der Waals surface area contributed by atoms with E-state index in [1.807, 2.05) is 174 Å². The zero-order chi connectivity index (χ0) is 93.4. The van der Waals surface area contributed by atoms with Crippen molar-refractivity contribution < 1.29 is 43.1 Å². The predicted octanol–water partition coefficient (Wildman–Crippen LogP) is 19.2. The molecule has 0 radical (unpaired) electrons. The Bertz CT molecular complexity index is 7600. The van der Waals surface area contributed by atoms with Gasteiger partial charge in [0, 0.05) is 172 Å². The molecule has 21 rings (SSSR count). The zero-order valence-electron chi connectivity index (χ0n) is 74.3. The molecule has 16 aromatic rings. The van der Waals surface area contributed by atoms with Gasteiger partial charge in [0.2, 0.25) is 23.6 Å². The molecule has 1 fully saturated rings. The van der Waals surface area contributed by atoms with Crippen LogP contribution in [-0.4, -0.2) is 163 Å². The molecule has 4 atom stereocenters. The van der Waals surface area contributed by atoms with Crippen LogP contribution in [0.15, 0.2) is 227 Å². The standard InChI is InChI=1S/C29H30N6O2S.C25H22N4O3S.C25H22N4O2S.C24H20N4O2S/c1-4-25(36)33-22-15-18(5-9-23(22)35-13-11-34(3)12-14-35)20-7-6-19-21(32-20)8-10-24-26(19)27-28(38-24)29(37)31-17(2)16-30-27;1-4-21(30)29-18-11-14(5-9-19(18)32-3)16-7-6-15-17(28-16)8-10-20-22(15)23-24(33-20)25(31)27-13(2)12-26-23;1-4-21(30)29-19-11-15(6-5-13(19)2)17-8-7-16-18(28-17)9-10-20-22(16)23-24(32-20)25(31)27-14(3)12-26-23;1-3-20(29)27-15-6-4-5-14(11-15)17-8-7-16-18(28-17)9-10-19-21(16)22-23(31-19)24(30)26-13(2)12-25-22/h4-10,15,17,30H,1,11-14,16H2,2-3H3,(H,31,37)(H,33,36);4-11,13,26H,1,12H2,2-3H3,(H,27,31)(H,29,30);4-11,14,26H,1,12H2,2-3H3,(H,27,31)(H,29,30);3-11,13,25H,1,12H2,2H3,(H,26,30)(H,27,29)/t17-;13-;14-;13-/m1111/s1. The molecule has 134 heavy (non-hydrogen) atoms. The van der Waals surface area contributed by atoms with E-state index in [9.17, 15) is 38.4 Å². The van der Waals surface area contributed by atoms with E-state index in [1.54, 1.807) is 13.2 Å². The normalized spacial score (nSPS) is 16.2. The fraction of sp³-hybridized carbons (Fsp3) is 0.184. The molecule has 13 heterocycles. The summed E-state index contributed by atoms with van der Waals surface area (Å²) in [6, 6.07) is 57.5. The van der Waals surface area contributed by atoms with Gasteiger partial charge in [0.15, 0.2) is 0 Å². The van der Waals surface area contributed by atoms with E-state index in [-0.39, 0.29) is 71.4 Å². The first-order valence-corrected chi connectivity index (χ1v) is 47.0. The summed E-state index contributed by atoms with van der Waals surface area (Å²) in [5, 5.41) is 45.5. The number of methoxy groups -OCH3 is 1. The minimum absolute atomic E-state index is 0.0361. The van der Waals surface area contributed by atoms with Crippen molar-refractivity contribution >= 4 is 228 Å². The zero-order valence-corrected chi connectivity index (χ0v) is 77.6. The van der Waals surface area contributed by atoms with Crippen molar-refractivity contribution in [2.24, 2.45) is 0 Å². The molecule has 12 N–H and O–H groups in total. The van der Waals surface area contributed by atoms with Crippen molar-refractivity contribution in [1.29, 1.82) is 0 Å². The van der Waals surface area contributed by atoms with E-state index < -0.39 is 0 Å². The highest BCUT2D eigenvalue weighted by Crippen LogP contribution is 2.48. The first kappa shape index (κ1) is 89.3. The minimum Gasteiger partial charge on any atom is -0.495 e. The maximum Gasteiger partial charge on any atom is 0.263 e. The van der Waals surface area contributed by atoms with Crippen molar-refractivity contribution in [3.8, 4) is 50.8 Å². The number of amides is 8. The van der Waals surface area contributed by atoms with E-state index in [4.69, 9.17) is 24.7 Å². The Kier molecular flexibility index (Phi) is 25.3. The van der Waals surface area contributed by atoms with Gasteiger partial charge in [-0.1, -0.05) is 56.6 Å². The Balaban J connectivity index is 0.000000120. The van der Waals surface area contributed by atoms with Crippen LogP contribution in [0.3, 0.4) is 0 Å². The molecule has 31 heteroatoms. The predicted molar refractivity (Wildman–Crippen MR) is 548 cm³/mol. The first-order chi connectivity index (χ1) is 64.9. The molecule has 5 aliphatic heterocycles. The van der Waals surface area contributed by atoms with Crippen molar-refractivity contribution in [2.75, 3.05) is 114 Å². The van der Waals surface area contributed by atoms with Crippen LogP contribution in [0, 0.1) is 6.92 Å². The number of likely N-dealkylation sites (N-methyl/N-ethyl adjacent to an activating group) is 1. The number of carbonyl (C=O) groups is 8. The second kappa shape index (κ2) is 37.9. The van der Waals surface area contributed by atoms with Crippen LogP contribution in [0.1, 0.15) is 71.9 Å². The molecular formula is C103H94N18O9S4. The van der Waals surface area contributed by atoms with E-state index in [1.165, 1.54) is 69.7 Å². The summed E-state index contributed by atoms with van der Waals surface area (Å²) in [6.45, 7) is 30.4. The molecule has 8 aromatic carbocycles. The maximum absolute atomic E-state index is 12.8. The number of hydrogen-bond acceptors (Lipinski definition) is 23. The van der Waals surface area contributed by atoms with Crippen LogP contribution in [0.5, 0.6) is 5.75 Å². The van der Waals surface area contributed by atoms with E-state index in [0.717, 1.165) is 201 Å². The van der Waals surface area contributed by atoms with Gasteiger partial charge in [0.05, 0.1) is 91.8 Å². The molecule has 0 spiro atoms. The van der Waals surface area contributed by atoms with E-state index in [0.29, 0.717) is 62.8 Å². The summed E-state index contributed by atoms with van der Waals surface area (Å²) in [4.78, 5) is 125. The Morgan fingerprint density at radius 2 is 0.716 bits per heavy atom. The van der Waals surface area contributed by atoms with Gasteiger partial charge in [-0.2, -0.15) is 0 Å². The molecule has 674 valence electrons. The fourth-order valence-corrected chi connectivity index (χ4v) is 21.4. The number of carbonyl (C=O) groups excluding carboxylic acids is 8. The second-order valence-corrected chi connectivity index (χ2v) is 37.6. The fourth-order valence-electron chi connectivity index (χ4n) is 17.0. The number of fused-ring (bicyclic) bond motifs is 20. The van der Waals surface area contributed by atoms with Crippen LogP contribution in [-0.2, 0) is 19.2 Å². The highest BCUT2D eigenvalue weighted by atomic mass is 32.1. The first-order valence-electron chi connectivity index (χ1n) is 43.7. The third-order valence-electron chi connectivity index (χ3n) is 23.9. The molecule has 5 aliphatic rings. The van der Waals surface area contributed by atoms with Crippen molar-refractivity contribution in [3.05, 3.63) is 252 Å². The average Bonchev–Trinajstić information content (AvgIpc) is 1.60. The molecule has 8 amide bonds. The largest absolute Gasteiger partial charge is 0.495 e. The lowest BCUT2D eigenvalue weighted by Gasteiger charge is -2.35. The number of aromatic nitrogens is 4.